The van der Waals surface area contributed by atoms with Crippen LogP contribution in [0.15, 0.2) is 24.3 Å². The SMILES string of the molecule is CC1Cc2ccccc2N(C(=O)OC(C)(C)C)C1CO. The number of nitrogens with zero attached hydrogens (tertiary/aromatic N) is 1. The highest BCUT2D eigenvalue weighted by atomic mass is 16.6. The van der Waals surface area contributed by atoms with Crippen molar-refractivity contribution in [1.29, 1.82) is 0 Å². The van der Waals surface area contributed by atoms with E-state index in [9.17, 15) is 9.90 Å². The van der Waals surface area contributed by atoms with Crippen LogP contribution in [0.3, 0.4) is 0 Å². The van der Waals surface area contributed by atoms with Crippen LogP contribution in [-0.2, 0) is 11.2 Å². The average Bonchev–Trinajstić information content (AvgIpc) is 2.34. The molecule has 2 unspecified atom stereocenters. The van der Waals surface area contributed by atoms with Crippen molar-refractivity contribution in [3.05, 3.63) is 29.8 Å². The van der Waals surface area contributed by atoms with Gasteiger partial charge in [0.05, 0.1) is 18.3 Å². The normalized spacial score (nSPS) is 22.4. The second-order valence-corrected chi connectivity index (χ2v) is 6.41. The maximum absolute atomic E-state index is 12.5. The number of hydrogen-bond acceptors (Lipinski definition) is 3. The molecule has 1 aromatic rings. The van der Waals surface area contributed by atoms with Crippen LogP contribution >= 0.6 is 0 Å². The molecule has 0 aromatic heterocycles. The van der Waals surface area contributed by atoms with Gasteiger partial charge in [0.2, 0.25) is 0 Å². The predicted molar refractivity (Wildman–Crippen MR) is 78.9 cm³/mol. The number of carbonyl (C=O) groups excluding carboxylic acids is 1. The highest BCUT2D eigenvalue weighted by molar-refractivity contribution is 5.90. The number of benzene rings is 1. The second-order valence-electron chi connectivity index (χ2n) is 6.41. The van der Waals surface area contributed by atoms with Gasteiger partial charge in [-0.1, -0.05) is 25.1 Å². The highest BCUT2D eigenvalue weighted by Crippen LogP contribution is 2.34. The Kier molecular flexibility index (Phi) is 4.04. The molecule has 0 spiro atoms. The van der Waals surface area contributed by atoms with Crippen molar-refractivity contribution in [3.63, 3.8) is 0 Å². The van der Waals surface area contributed by atoms with Gasteiger partial charge in [-0.05, 0) is 44.7 Å². The molecule has 1 N–H and O–H groups in total. The number of aliphatic hydroxyl groups excluding tert-OH is 1. The molecule has 1 heterocycles. The van der Waals surface area contributed by atoms with E-state index in [2.05, 4.69) is 0 Å². The standard InChI is InChI=1S/C16H23NO3/c1-11-9-12-7-5-6-8-13(12)17(14(11)10-18)15(19)20-16(2,3)4/h5-8,11,14,18H,9-10H2,1-4H3. The van der Waals surface area contributed by atoms with Crippen LogP contribution in [0.2, 0.25) is 0 Å². The Balaban J connectivity index is 2.38. The number of rotatable bonds is 1. The van der Waals surface area contributed by atoms with E-state index in [1.54, 1.807) is 4.90 Å². The fraction of sp³-hybridized carbons (Fsp3) is 0.562. The smallest absolute Gasteiger partial charge is 0.415 e. The van der Waals surface area contributed by atoms with E-state index >= 15 is 0 Å². The molecule has 2 atom stereocenters. The van der Waals surface area contributed by atoms with Gasteiger partial charge in [-0.25, -0.2) is 4.79 Å². The van der Waals surface area contributed by atoms with Crippen LogP contribution in [-0.4, -0.2) is 29.4 Å². The number of amides is 1. The minimum absolute atomic E-state index is 0.0608. The molecule has 0 saturated carbocycles. The molecule has 20 heavy (non-hydrogen) atoms. The summed E-state index contributed by atoms with van der Waals surface area (Å²) in [5.74, 6) is 0.197. The van der Waals surface area contributed by atoms with Crippen LogP contribution < -0.4 is 4.90 Å². The Bertz CT molecular complexity index is 493. The van der Waals surface area contributed by atoms with Crippen molar-refractivity contribution in [2.24, 2.45) is 5.92 Å². The lowest BCUT2D eigenvalue weighted by atomic mass is 9.87. The zero-order chi connectivity index (χ0) is 14.9. The van der Waals surface area contributed by atoms with E-state index in [0.717, 1.165) is 17.7 Å². The van der Waals surface area contributed by atoms with Crippen molar-refractivity contribution >= 4 is 11.8 Å². The third-order valence-corrected chi connectivity index (χ3v) is 3.56. The van der Waals surface area contributed by atoms with Gasteiger partial charge < -0.3 is 9.84 Å². The lowest BCUT2D eigenvalue weighted by molar-refractivity contribution is 0.0528. The summed E-state index contributed by atoms with van der Waals surface area (Å²) in [6.07, 6.45) is 0.469. The molecule has 1 aromatic carbocycles. The van der Waals surface area contributed by atoms with Crippen molar-refractivity contribution in [3.8, 4) is 0 Å². The molecule has 4 heteroatoms. The molecule has 0 saturated heterocycles. The summed E-state index contributed by atoms with van der Waals surface area (Å²) in [6.45, 7) is 7.53. The van der Waals surface area contributed by atoms with Crippen LogP contribution in [0.1, 0.15) is 33.3 Å². The van der Waals surface area contributed by atoms with Gasteiger partial charge in [-0.15, -0.1) is 0 Å². The summed E-state index contributed by atoms with van der Waals surface area (Å²) in [5, 5.41) is 9.66. The fourth-order valence-corrected chi connectivity index (χ4v) is 2.64. The number of ether oxygens (including phenoxy) is 1. The first kappa shape index (κ1) is 14.9. The lowest BCUT2D eigenvalue weighted by Crippen LogP contribution is -2.51. The predicted octanol–water partition coefficient (Wildman–Crippen LogP) is 2.98. The molecule has 0 fully saturated rings. The summed E-state index contributed by atoms with van der Waals surface area (Å²) in [7, 11) is 0. The lowest BCUT2D eigenvalue weighted by Gasteiger charge is -2.40. The van der Waals surface area contributed by atoms with Crippen molar-refractivity contribution in [1.82, 2.24) is 0 Å². The van der Waals surface area contributed by atoms with Gasteiger partial charge in [0.15, 0.2) is 0 Å². The van der Waals surface area contributed by atoms with E-state index in [1.165, 1.54) is 0 Å². The van der Waals surface area contributed by atoms with E-state index in [4.69, 9.17) is 4.74 Å². The topological polar surface area (TPSA) is 49.8 Å². The Hall–Kier alpha value is -1.55. The van der Waals surface area contributed by atoms with Gasteiger partial charge in [-0.3, -0.25) is 4.90 Å². The fourth-order valence-electron chi connectivity index (χ4n) is 2.64. The van der Waals surface area contributed by atoms with Crippen LogP contribution in [0.4, 0.5) is 10.5 Å². The Morgan fingerprint density at radius 1 is 1.40 bits per heavy atom. The van der Waals surface area contributed by atoms with Crippen molar-refractivity contribution in [2.75, 3.05) is 11.5 Å². The average molecular weight is 277 g/mol. The summed E-state index contributed by atoms with van der Waals surface area (Å²) >= 11 is 0. The Morgan fingerprint density at radius 2 is 2.05 bits per heavy atom. The van der Waals surface area contributed by atoms with Crippen LogP contribution in [0, 0.1) is 5.92 Å². The summed E-state index contributed by atoms with van der Waals surface area (Å²) in [5.41, 5.74) is 1.42. The number of para-hydroxylation sites is 1. The highest BCUT2D eigenvalue weighted by Gasteiger charge is 2.37. The molecule has 4 nitrogen and oxygen atoms in total. The maximum Gasteiger partial charge on any atom is 0.415 e. The summed E-state index contributed by atoms with van der Waals surface area (Å²) < 4.78 is 5.49. The number of hydrogen-bond donors (Lipinski definition) is 1. The monoisotopic (exact) mass is 277 g/mol. The number of carbonyl (C=O) groups is 1. The summed E-state index contributed by atoms with van der Waals surface area (Å²) in [4.78, 5) is 14.1. The third-order valence-electron chi connectivity index (χ3n) is 3.56. The third kappa shape index (κ3) is 2.96. The van der Waals surface area contributed by atoms with E-state index in [0.29, 0.717) is 0 Å². The van der Waals surface area contributed by atoms with Crippen LogP contribution in [0.25, 0.3) is 0 Å². The van der Waals surface area contributed by atoms with Gasteiger partial charge in [-0.2, -0.15) is 0 Å². The second kappa shape index (κ2) is 5.44. The van der Waals surface area contributed by atoms with Gasteiger partial charge >= 0.3 is 6.09 Å². The zero-order valence-corrected chi connectivity index (χ0v) is 12.6. The van der Waals surface area contributed by atoms with Gasteiger partial charge in [0, 0.05) is 0 Å². The maximum atomic E-state index is 12.5. The molecule has 2 rings (SSSR count). The molecule has 110 valence electrons. The number of anilines is 1. The Morgan fingerprint density at radius 3 is 2.65 bits per heavy atom. The molecule has 0 aliphatic carbocycles. The summed E-state index contributed by atoms with van der Waals surface area (Å²) in [6, 6.07) is 7.57. The van der Waals surface area contributed by atoms with E-state index < -0.39 is 11.7 Å². The number of fused-ring (bicyclic) bond motifs is 1. The van der Waals surface area contributed by atoms with Gasteiger partial charge in [0.25, 0.3) is 0 Å². The van der Waals surface area contributed by atoms with Crippen LogP contribution in [0.5, 0.6) is 0 Å². The number of aliphatic hydroxyl groups is 1. The van der Waals surface area contributed by atoms with E-state index in [1.807, 2.05) is 52.0 Å². The molecule has 1 amide bonds. The van der Waals surface area contributed by atoms with E-state index in [-0.39, 0.29) is 18.6 Å². The van der Waals surface area contributed by atoms with Crippen molar-refractivity contribution < 1.29 is 14.6 Å². The Labute approximate surface area is 120 Å². The quantitative estimate of drug-likeness (QED) is 0.858. The van der Waals surface area contributed by atoms with Gasteiger partial charge in [0.1, 0.15) is 5.60 Å². The first-order valence-corrected chi connectivity index (χ1v) is 7.04. The molecule has 0 radical (unpaired) electrons. The first-order valence-electron chi connectivity index (χ1n) is 7.04. The molecular weight excluding hydrogens is 254 g/mol. The molecular formula is C16H23NO3. The minimum atomic E-state index is -0.549. The largest absolute Gasteiger partial charge is 0.443 e. The molecule has 1 aliphatic rings. The zero-order valence-electron chi connectivity index (χ0n) is 12.6. The molecule has 1 aliphatic heterocycles. The minimum Gasteiger partial charge on any atom is -0.443 e. The first-order chi connectivity index (χ1) is 9.33. The molecule has 0 bridgehead atoms. The van der Waals surface area contributed by atoms with Crippen molar-refractivity contribution in [2.45, 2.75) is 45.8 Å².